The Bertz CT molecular complexity index is 418. The van der Waals surface area contributed by atoms with Gasteiger partial charge in [-0.2, -0.15) is 17.9 Å². The third-order valence-electron chi connectivity index (χ3n) is 3.24. The van der Waals surface area contributed by atoms with E-state index in [9.17, 15) is 8.42 Å². The highest BCUT2D eigenvalue weighted by atomic mass is 32.2. The Hall–Kier alpha value is -0.660. The van der Waals surface area contributed by atoms with Gasteiger partial charge >= 0.3 is 0 Å². The van der Waals surface area contributed by atoms with Crippen molar-refractivity contribution in [3.63, 3.8) is 0 Å². The van der Waals surface area contributed by atoms with Crippen molar-refractivity contribution >= 4 is 16.0 Å². The highest BCUT2D eigenvalue weighted by Crippen LogP contribution is 2.27. The maximum absolute atomic E-state index is 12.2. The number of amidine groups is 1. The third kappa shape index (κ3) is 5.08. The lowest BCUT2D eigenvalue weighted by atomic mass is 9.90. The van der Waals surface area contributed by atoms with E-state index >= 15 is 0 Å². The van der Waals surface area contributed by atoms with Crippen molar-refractivity contribution in [2.45, 2.75) is 70.4 Å². The maximum atomic E-state index is 12.2. The van der Waals surface area contributed by atoms with Crippen LogP contribution in [0, 0.1) is 5.41 Å². The first-order chi connectivity index (χ1) is 8.56. The minimum atomic E-state index is -3.68. The second-order valence-corrected chi connectivity index (χ2v) is 7.78. The molecule has 0 amide bonds. The molecule has 0 aromatic heterocycles. The Labute approximate surface area is 116 Å². The monoisotopic (exact) mass is 290 g/mol. The molecule has 7 heteroatoms. The van der Waals surface area contributed by atoms with Crippen LogP contribution < -0.4 is 15.2 Å². The Morgan fingerprint density at radius 3 is 2.00 bits per heavy atom. The highest BCUT2D eigenvalue weighted by molar-refractivity contribution is 7.87. The van der Waals surface area contributed by atoms with Gasteiger partial charge in [-0.15, -0.1) is 0 Å². The summed E-state index contributed by atoms with van der Waals surface area (Å²) in [7, 11) is -3.68. The van der Waals surface area contributed by atoms with E-state index < -0.39 is 21.3 Å². The smallest absolute Gasteiger partial charge is 0.278 e. The summed E-state index contributed by atoms with van der Waals surface area (Å²) in [5.74, 6) is -0.0892. The van der Waals surface area contributed by atoms with Crippen molar-refractivity contribution < 1.29 is 8.42 Å². The second-order valence-electron chi connectivity index (χ2n) is 6.37. The molecule has 0 aliphatic heterocycles. The van der Waals surface area contributed by atoms with Crippen LogP contribution >= 0.6 is 0 Å². The topological polar surface area (TPSA) is 108 Å². The summed E-state index contributed by atoms with van der Waals surface area (Å²) >= 11 is 0. The first-order valence-electron chi connectivity index (χ1n) is 6.74. The van der Waals surface area contributed by atoms with Crippen molar-refractivity contribution in [3.8, 4) is 0 Å². The zero-order valence-electron chi connectivity index (χ0n) is 12.0. The largest absolute Gasteiger partial charge is 0.386 e. The van der Waals surface area contributed by atoms with Crippen molar-refractivity contribution in [1.29, 1.82) is 5.41 Å². The van der Waals surface area contributed by atoms with E-state index in [2.05, 4.69) is 9.44 Å². The molecule has 0 spiro atoms. The molecule has 0 radical (unpaired) electrons. The molecule has 1 aliphatic carbocycles. The van der Waals surface area contributed by atoms with Gasteiger partial charge in [0.05, 0.1) is 5.54 Å². The molecule has 0 aromatic carbocycles. The van der Waals surface area contributed by atoms with Gasteiger partial charge in [0.1, 0.15) is 5.84 Å². The molecular weight excluding hydrogens is 264 g/mol. The van der Waals surface area contributed by atoms with Crippen LogP contribution in [0.25, 0.3) is 0 Å². The van der Waals surface area contributed by atoms with Crippen LogP contribution in [0.3, 0.4) is 0 Å². The molecule has 112 valence electrons. The fourth-order valence-electron chi connectivity index (χ4n) is 2.44. The molecule has 5 N–H and O–H groups in total. The predicted molar refractivity (Wildman–Crippen MR) is 77.3 cm³/mol. The number of nitrogens with one attached hydrogen (secondary N) is 3. The first-order valence-corrected chi connectivity index (χ1v) is 8.22. The average Bonchev–Trinajstić information content (AvgIpc) is 2.39. The number of rotatable bonds is 4. The molecule has 1 saturated carbocycles. The maximum Gasteiger partial charge on any atom is 0.278 e. The molecule has 1 fully saturated rings. The van der Waals surface area contributed by atoms with Crippen LogP contribution in [0.2, 0.25) is 0 Å². The van der Waals surface area contributed by atoms with Gasteiger partial charge in [0, 0.05) is 5.54 Å². The van der Waals surface area contributed by atoms with Crippen molar-refractivity contribution in [1.82, 2.24) is 9.44 Å². The Morgan fingerprint density at radius 2 is 1.63 bits per heavy atom. The molecule has 1 rings (SSSR count). The molecule has 0 bridgehead atoms. The summed E-state index contributed by atoms with van der Waals surface area (Å²) in [4.78, 5) is 0. The summed E-state index contributed by atoms with van der Waals surface area (Å²) < 4.78 is 29.5. The molecule has 0 aromatic rings. The SMILES string of the molecule is CC(C)(C)NS(=O)(=O)NC1(C(=N)N)CCCCCC1. The van der Waals surface area contributed by atoms with Crippen LogP contribution in [0.1, 0.15) is 59.3 Å². The van der Waals surface area contributed by atoms with E-state index in [0.717, 1.165) is 25.7 Å². The van der Waals surface area contributed by atoms with Gasteiger partial charge in [-0.1, -0.05) is 25.7 Å². The van der Waals surface area contributed by atoms with E-state index in [-0.39, 0.29) is 5.84 Å². The van der Waals surface area contributed by atoms with Crippen LogP contribution in [-0.2, 0) is 10.2 Å². The van der Waals surface area contributed by atoms with Gasteiger partial charge in [0.25, 0.3) is 10.2 Å². The van der Waals surface area contributed by atoms with Crippen LogP contribution in [0.15, 0.2) is 0 Å². The van der Waals surface area contributed by atoms with E-state index in [4.69, 9.17) is 11.1 Å². The zero-order chi connectivity index (χ0) is 14.7. The fraction of sp³-hybridized carbons (Fsp3) is 0.917. The van der Waals surface area contributed by atoms with E-state index in [1.165, 1.54) is 0 Å². The third-order valence-corrected chi connectivity index (χ3v) is 4.78. The molecule has 0 unspecified atom stereocenters. The molecule has 0 atom stereocenters. The number of nitrogens with two attached hydrogens (primary N) is 1. The molecule has 1 aliphatic rings. The van der Waals surface area contributed by atoms with E-state index in [1.807, 2.05) is 0 Å². The quantitative estimate of drug-likeness (QED) is 0.355. The Morgan fingerprint density at radius 1 is 1.16 bits per heavy atom. The van der Waals surface area contributed by atoms with Gasteiger partial charge in [-0.3, -0.25) is 5.41 Å². The Balaban J connectivity index is 2.92. The van der Waals surface area contributed by atoms with Gasteiger partial charge in [0.2, 0.25) is 0 Å². The average molecular weight is 290 g/mol. The summed E-state index contributed by atoms with van der Waals surface area (Å²) in [6.07, 6.45) is 5.07. The Kier molecular flexibility index (Phi) is 4.97. The number of hydrogen-bond acceptors (Lipinski definition) is 3. The van der Waals surface area contributed by atoms with Gasteiger partial charge < -0.3 is 5.73 Å². The minimum Gasteiger partial charge on any atom is -0.386 e. The predicted octanol–water partition coefficient (Wildman–Crippen LogP) is 1.24. The summed E-state index contributed by atoms with van der Waals surface area (Å²) in [6.45, 7) is 5.33. The van der Waals surface area contributed by atoms with Crippen LogP contribution in [0.4, 0.5) is 0 Å². The van der Waals surface area contributed by atoms with Crippen LogP contribution in [-0.4, -0.2) is 25.3 Å². The lowest BCUT2D eigenvalue weighted by Gasteiger charge is -2.33. The lowest BCUT2D eigenvalue weighted by molar-refractivity contribution is 0.417. The summed E-state index contributed by atoms with van der Waals surface area (Å²) in [5, 5.41) is 7.77. The first kappa shape index (κ1) is 16.4. The molecular formula is C12H26N4O2S. The normalized spacial score (nSPS) is 20.8. The standard InChI is InChI=1S/C12H26N4O2S/c1-11(2,3)15-19(17,18)16-12(10(13)14)8-6-4-5-7-9-12/h15-16H,4-9H2,1-3H3,(H3,13,14). The van der Waals surface area contributed by atoms with Crippen molar-refractivity contribution in [2.24, 2.45) is 5.73 Å². The minimum absolute atomic E-state index is 0.0892. The van der Waals surface area contributed by atoms with Gasteiger partial charge in [-0.05, 0) is 33.6 Å². The molecule has 0 heterocycles. The second kappa shape index (κ2) is 5.76. The molecule has 6 nitrogen and oxygen atoms in total. The van der Waals surface area contributed by atoms with Crippen molar-refractivity contribution in [2.75, 3.05) is 0 Å². The zero-order valence-corrected chi connectivity index (χ0v) is 12.9. The fourth-order valence-corrected chi connectivity index (χ4v) is 4.13. The van der Waals surface area contributed by atoms with E-state index in [0.29, 0.717) is 12.8 Å². The van der Waals surface area contributed by atoms with Gasteiger partial charge in [0.15, 0.2) is 0 Å². The lowest BCUT2D eigenvalue weighted by Crippen LogP contribution is -2.61. The number of hydrogen-bond donors (Lipinski definition) is 4. The summed E-state index contributed by atoms with van der Waals surface area (Å²) in [6, 6.07) is 0. The van der Waals surface area contributed by atoms with Crippen molar-refractivity contribution in [3.05, 3.63) is 0 Å². The van der Waals surface area contributed by atoms with Gasteiger partial charge in [-0.25, -0.2) is 0 Å². The van der Waals surface area contributed by atoms with Crippen LogP contribution in [0.5, 0.6) is 0 Å². The summed E-state index contributed by atoms with van der Waals surface area (Å²) in [5.41, 5.74) is 4.19. The highest BCUT2D eigenvalue weighted by Gasteiger charge is 2.38. The van der Waals surface area contributed by atoms with E-state index in [1.54, 1.807) is 20.8 Å². The molecule has 19 heavy (non-hydrogen) atoms. The molecule has 0 saturated heterocycles.